The first-order valence-corrected chi connectivity index (χ1v) is 10.0. The molecule has 0 atom stereocenters. The average molecular weight is 425 g/mol. The van der Waals surface area contributed by atoms with E-state index in [1.54, 1.807) is 29.1 Å². The molecule has 0 saturated carbocycles. The summed E-state index contributed by atoms with van der Waals surface area (Å²) in [6.45, 7) is 1.84. The van der Waals surface area contributed by atoms with Crippen molar-refractivity contribution in [1.82, 2.24) is 14.8 Å². The second-order valence-corrected chi connectivity index (χ2v) is 7.95. The smallest absolute Gasteiger partial charge is 0.322 e. The van der Waals surface area contributed by atoms with Gasteiger partial charge >= 0.3 is 5.97 Å². The summed E-state index contributed by atoms with van der Waals surface area (Å²) in [6.07, 6.45) is 1.64. The molecule has 9 nitrogen and oxygen atoms in total. The van der Waals surface area contributed by atoms with Gasteiger partial charge in [0.2, 0.25) is 10.0 Å². The Bertz CT molecular complexity index is 1160. The molecule has 2 aromatic heterocycles. The topological polar surface area (TPSA) is 112 Å². The normalized spacial score (nSPS) is 11.4. The first-order chi connectivity index (χ1) is 13.2. The van der Waals surface area contributed by atoms with Gasteiger partial charge in [0, 0.05) is 23.7 Å². The van der Waals surface area contributed by atoms with Crippen LogP contribution >= 0.6 is 11.6 Å². The molecule has 0 aliphatic rings. The lowest BCUT2D eigenvalue weighted by atomic mass is 10.2. The molecule has 0 aliphatic heterocycles. The third-order valence-electron chi connectivity index (χ3n) is 3.93. The number of fused-ring (bicyclic) bond motifs is 1. The number of carbonyl (C=O) groups is 1. The Labute approximate surface area is 166 Å². The minimum Gasteiger partial charge on any atom is -0.494 e. The maximum absolute atomic E-state index is 12.0. The number of hydrogen-bond donors (Lipinski definition) is 1. The van der Waals surface area contributed by atoms with E-state index >= 15 is 0 Å². The molecule has 3 aromatic rings. The fraction of sp³-hybridized carbons (Fsp3) is 0.235. The third-order valence-corrected chi connectivity index (χ3v) is 5.30. The fourth-order valence-corrected chi connectivity index (χ4v) is 3.80. The van der Waals surface area contributed by atoms with Crippen molar-refractivity contribution in [3.05, 3.63) is 41.3 Å². The number of nitrogens with zero attached hydrogens (tertiary/aromatic N) is 3. The van der Waals surface area contributed by atoms with E-state index in [4.69, 9.17) is 16.3 Å². The van der Waals surface area contributed by atoms with Gasteiger partial charge in [-0.25, -0.2) is 18.1 Å². The van der Waals surface area contributed by atoms with Crippen LogP contribution < -0.4 is 9.46 Å². The summed E-state index contributed by atoms with van der Waals surface area (Å²) >= 11 is 6.01. The van der Waals surface area contributed by atoms with Gasteiger partial charge in [0.1, 0.15) is 16.6 Å². The van der Waals surface area contributed by atoms with Crippen molar-refractivity contribution in [2.24, 2.45) is 0 Å². The second-order valence-electron chi connectivity index (χ2n) is 5.85. The number of carbonyl (C=O) groups excluding carboxylic acids is 1. The van der Waals surface area contributed by atoms with Gasteiger partial charge in [0.25, 0.3) is 0 Å². The molecule has 3 rings (SSSR count). The highest BCUT2D eigenvalue weighted by Crippen LogP contribution is 2.31. The van der Waals surface area contributed by atoms with Crippen LogP contribution in [0.3, 0.4) is 0 Å². The van der Waals surface area contributed by atoms with Crippen LogP contribution in [-0.2, 0) is 19.6 Å². The van der Waals surface area contributed by atoms with Gasteiger partial charge in [-0.15, -0.1) is 0 Å². The molecule has 28 heavy (non-hydrogen) atoms. The molecule has 0 unspecified atom stereocenters. The van der Waals surface area contributed by atoms with Crippen molar-refractivity contribution < 1.29 is 22.7 Å². The van der Waals surface area contributed by atoms with Crippen molar-refractivity contribution in [2.75, 3.05) is 24.7 Å². The first-order valence-electron chi connectivity index (χ1n) is 8.00. The molecule has 0 radical (unpaired) electrons. The Morgan fingerprint density at radius 2 is 2.04 bits per heavy atom. The highest BCUT2D eigenvalue weighted by Gasteiger charge is 2.19. The zero-order chi connectivity index (χ0) is 20.5. The summed E-state index contributed by atoms with van der Waals surface area (Å²) < 4.78 is 37.9. The largest absolute Gasteiger partial charge is 0.494 e. The van der Waals surface area contributed by atoms with E-state index in [0.717, 1.165) is 23.7 Å². The lowest BCUT2D eigenvalue weighted by Crippen LogP contribution is -2.23. The Kier molecular flexibility index (Phi) is 5.43. The van der Waals surface area contributed by atoms with Crippen LogP contribution in [0.5, 0.6) is 5.75 Å². The number of pyridine rings is 1. The molecule has 1 aromatic carbocycles. The predicted octanol–water partition coefficient (Wildman–Crippen LogP) is 2.31. The molecule has 2 heterocycles. The minimum absolute atomic E-state index is 0.234. The number of methoxy groups -OCH3 is 2. The van der Waals surface area contributed by atoms with E-state index in [-0.39, 0.29) is 5.69 Å². The number of rotatable bonds is 6. The van der Waals surface area contributed by atoms with E-state index in [1.807, 2.05) is 6.92 Å². The van der Waals surface area contributed by atoms with Crippen molar-refractivity contribution >= 4 is 44.2 Å². The van der Waals surface area contributed by atoms with Crippen LogP contribution in [0.1, 0.15) is 5.69 Å². The minimum atomic E-state index is -3.91. The molecule has 148 valence electrons. The number of hydrogen-bond acceptors (Lipinski definition) is 7. The fourth-order valence-electron chi connectivity index (χ4n) is 2.66. The van der Waals surface area contributed by atoms with E-state index in [0.29, 0.717) is 16.6 Å². The molecule has 0 spiro atoms. The van der Waals surface area contributed by atoms with Gasteiger partial charge in [-0.3, -0.25) is 9.52 Å². The number of aryl methyl sites for hydroxylation is 1. The monoisotopic (exact) mass is 424 g/mol. The maximum Gasteiger partial charge on any atom is 0.322 e. The van der Waals surface area contributed by atoms with E-state index < -0.39 is 21.7 Å². The SMILES string of the molecule is COC(=O)CS(=O)(=O)Nc1ccc(-n2nc(C)c3cnc(Cl)cc32)c(OC)c1. The van der Waals surface area contributed by atoms with Crippen LogP contribution in [-0.4, -0.2) is 49.1 Å². The number of anilines is 1. The molecular weight excluding hydrogens is 408 g/mol. The standard InChI is InChI=1S/C17H17ClN4O5S/c1-10-12-8-19-16(18)7-14(12)22(20-10)13-5-4-11(6-15(13)26-2)21-28(24,25)9-17(23)27-3/h4-8,21H,9H2,1-3H3. The average Bonchev–Trinajstić information content (AvgIpc) is 2.96. The molecule has 1 N–H and O–H groups in total. The summed E-state index contributed by atoms with van der Waals surface area (Å²) in [4.78, 5) is 15.3. The second kappa shape index (κ2) is 7.64. The van der Waals surface area contributed by atoms with Crippen molar-refractivity contribution in [1.29, 1.82) is 0 Å². The Morgan fingerprint density at radius 3 is 2.71 bits per heavy atom. The number of aromatic nitrogens is 3. The number of esters is 1. The zero-order valence-corrected chi connectivity index (χ0v) is 16.8. The van der Waals surface area contributed by atoms with E-state index in [1.165, 1.54) is 13.2 Å². The Hall–Kier alpha value is -2.85. The Balaban J connectivity index is 2.01. The van der Waals surface area contributed by atoms with Crippen molar-refractivity contribution in [3.8, 4) is 11.4 Å². The maximum atomic E-state index is 12.0. The van der Waals surface area contributed by atoms with Gasteiger partial charge in [-0.2, -0.15) is 5.10 Å². The first kappa shape index (κ1) is 19.9. The number of sulfonamides is 1. The summed E-state index contributed by atoms with van der Waals surface area (Å²) in [6, 6.07) is 6.37. The molecule has 0 bridgehead atoms. The molecule has 0 saturated heterocycles. The van der Waals surface area contributed by atoms with Crippen LogP contribution in [0, 0.1) is 6.92 Å². The van der Waals surface area contributed by atoms with Gasteiger partial charge in [-0.1, -0.05) is 11.6 Å². The number of ether oxygens (including phenoxy) is 2. The van der Waals surface area contributed by atoms with Crippen molar-refractivity contribution in [3.63, 3.8) is 0 Å². The van der Waals surface area contributed by atoms with Crippen molar-refractivity contribution in [2.45, 2.75) is 6.92 Å². The lowest BCUT2D eigenvalue weighted by Gasteiger charge is -2.13. The molecule has 0 fully saturated rings. The molecule has 11 heteroatoms. The zero-order valence-electron chi connectivity index (χ0n) is 15.3. The van der Waals surface area contributed by atoms with Gasteiger partial charge in [0.05, 0.1) is 31.1 Å². The van der Waals surface area contributed by atoms with Gasteiger partial charge in [-0.05, 0) is 19.1 Å². The van der Waals surface area contributed by atoms with Crippen LogP contribution in [0.15, 0.2) is 30.5 Å². The van der Waals surface area contributed by atoms with Crippen LogP contribution in [0.2, 0.25) is 5.15 Å². The van der Waals surface area contributed by atoms with Crippen LogP contribution in [0.4, 0.5) is 5.69 Å². The molecule has 0 aliphatic carbocycles. The third kappa shape index (κ3) is 4.02. The summed E-state index contributed by atoms with van der Waals surface area (Å²) in [5.74, 6) is -1.28. The predicted molar refractivity (Wildman–Crippen MR) is 105 cm³/mol. The summed E-state index contributed by atoms with van der Waals surface area (Å²) in [5, 5.41) is 5.65. The van der Waals surface area contributed by atoms with Crippen LogP contribution in [0.25, 0.3) is 16.6 Å². The van der Waals surface area contributed by atoms with Gasteiger partial charge < -0.3 is 9.47 Å². The van der Waals surface area contributed by atoms with E-state index in [2.05, 4.69) is 19.5 Å². The number of benzene rings is 1. The summed E-state index contributed by atoms with van der Waals surface area (Å²) in [5.41, 5.74) is 2.30. The molecular formula is C17H17ClN4O5S. The summed E-state index contributed by atoms with van der Waals surface area (Å²) in [7, 11) is -1.34. The molecule has 0 amide bonds. The highest BCUT2D eigenvalue weighted by molar-refractivity contribution is 7.93. The highest BCUT2D eigenvalue weighted by atomic mass is 35.5. The van der Waals surface area contributed by atoms with Gasteiger partial charge in [0.15, 0.2) is 5.75 Å². The number of nitrogens with one attached hydrogen (secondary N) is 1. The Morgan fingerprint density at radius 1 is 1.29 bits per heavy atom. The quantitative estimate of drug-likeness (QED) is 0.477. The lowest BCUT2D eigenvalue weighted by molar-refractivity contribution is -0.137. The number of halogens is 1. The van der Waals surface area contributed by atoms with E-state index in [9.17, 15) is 13.2 Å².